The number of hydrogen-bond acceptors (Lipinski definition) is 9. The summed E-state index contributed by atoms with van der Waals surface area (Å²) in [6.07, 6.45) is 10.6. The number of aliphatic imine (C=N–C) groups is 1. The lowest BCUT2D eigenvalue weighted by Gasteiger charge is -2.41. The van der Waals surface area contributed by atoms with Crippen molar-refractivity contribution < 1.29 is 22.6 Å². The zero-order valence-electron chi connectivity index (χ0n) is 33.3. The fourth-order valence-corrected chi connectivity index (χ4v) is 10.2. The second kappa shape index (κ2) is 15.3. The van der Waals surface area contributed by atoms with Crippen LogP contribution in [0.25, 0.3) is 32.9 Å². The summed E-state index contributed by atoms with van der Waals surface area (Å²) in [5.41, 5.74) is 2.36. The fraction of sp³-hybridized carbons (Fsp3) is 0.333. The fourth-order valence-electron chi connectivity index (χ4n) is 10.2. The van der Waals surface area contributed by atoms with Gasteiger partial charge in [-0.15, -0.1) is 6.42 Å². The summed E-state index contributed by atoms with van der Waals surface area (Å²) in [7, 11) is 1.69. The van der Waals surface area contributed by atoms with Crippen LogP contribution in [0.3, 0.4) is 0 Å². The van der Waals surface area contributed by atoms with Gasteiger partial charge in [0.05, 0.1) is 40.0 Å². The minimum atomic E-state index is -0.939. The lowest BCUT2D eigenvalue weighted by Crippen LogP contribution is -2.61. The number of nitrogens with one attached hydrogen (secondary N) is 1. The van der Waals surface area contributed by atoms with Crippen LogP contribution < -0.4 is 15.0 Å². The summed E-state index contributed by atoms with van der Waals surface area (Å²) in [6.45, 7) is 3.04. The van der Waals surface area contributed by atoms with Gasteiger partial charge in [-0.3, -0.25) is 9.88 Å². The zero-order valence-corrected chi connectivity index (χ0v) is 33.3. The summed E-state index contributed by atoms with van der Waals surface area (Å²) < 4.78 is 60.2. The highest BCUT2D eigenvalue weighted by Crippen LogP contribution is 2.43. The monoisotopic (exact) mass is 807 g/mol. The molecule has 0 aliphatic carbocycles. The smallest absolute Gasteiger partial charge is 0.319 e. The molecule has 4 aromatic carbocycles. The third-order valence-electron chi connectivity index (χ3n) is 12.8. The van der Waals surface area contributed by atoms with E-state index in [9.17, 15) is 4.39 Å². The van der Waals surface area contributed by atoms with E-state index in [1.54, 1.807) is 25.4 Å². The van der Waals surface area contributed by atoms with Crippen LogP contribution in [0.1, 0.15) is 48.8 Å². The second-order valence-electron chi connectivity index (χ2n) is 16.7. The predicted octanol–water partition coefficient (Wildman–Crippen LogP) is 8.19. The highest BCUT2D eigenvalue weighted by atomic mass is 19.1. The van der Waals surface area contributed by atoms with Gasteiger partial charge in [0.25, 0.3) is 0 Å². The molecule has 1 N–H and O–H groups in total. The van der Waals surface area contributed by atoms with E-state index in [0.29, 0.717) is 66.0 Å². The Morgan fingerprint density at radius 2 is 1.77 bits per heavy atom. The molecule has 4 aliphatic rings. The lowest BCUT2D eigenvalue weighted by atomic mass is 9.95. The number of piperazine rings is 1. The molecule has 0 amide bonds. The van der Waals surface area contributed by atoms with Crippen molar-refractivity contribution >= 4 is 38.9 Å². The molecule has 4 atom stereocenters. The van der Waals surface area contributed by atoms with E-state index in [4.69, 9.17) is 35.8 Å². The molecule has 6 aromatic rings. The third kappa shape index (κ3) is 6.75. The van der Waals surface area contributed by atoms with Gasteiger partial charge in [-0.25, -0.2) is 18.2 Å². The lowest BCUT2D eigenvalue weighted by molar-refractivity contribution is 0.107. The number of fused-ring (bicyclic) bond motifs is 5. The van der Waals surface area contributed by atoms with E-state index in [1.165, 1.54) is 6.07 Å². The van der Waals surface area contributed by atoms with Gasteiger partial charge >= 0.3 is 6.01 Å². The molecule has 2 aromatic heterocycles. The Hall–Kier alpha value is -5.87. The SMILES string of the molecule is C#Cc1c(F)ccc2cc(N=C(c3ccccc3)c3ccccc3)cc(-c3ncc4c(N5C[C@@H]6CC[C@](COC)(C5)N6)nc(OCC56CCCN5C[C@H](F)C6)nc4c3F)c12. The maximum Gasteiger partial charge on any atom is 0.319 e. The minimum absolute atomic E-state index is 0.00214. The van der Waals surface area contributed by atoms with Crippen LogP contribution in [-0.2, 0) is 4.74 Å². The van der Waals surface area contributed by atoms with Crippen LogP contribution in [0.15, 0.2) is 96.1 Å². The Labute approximate surface area is 346 Å². The van der Waals surface area contributed by atoms with E-state index < -0.39 is 23.3 Å². The number of methoxy groups -OCH3 is 1. The molecule has 4 fully saturated rings. The molecule has 0 radical (unpaired) electrons. The molecular weight excluding hydrogens is 764 g/mol. The number of terminal acetylenes is 1. The number of rotatable bonds is 10. The quantitative estimate of drug-likeness (QED) is 0.110. The van der Waals surface area contributed by atoms with Crippen molar-refractivity contribution in [3.05, 3.63) is 119 Å². The van der Waals surface area contributed by atoms with Crippen LogP contribution >= 0.6 is 0 Å². The van der Waals surface area contributed by atoms with Gasteiger partial charge in [0.1, 0.15) is 35.6 Å². The predicted molar refractivity (Wildman–Crippen MR) is 228 cm³/mol. The molecule has 60 heavy (non-hydrogen) atoms. The summed E-state index contributed by atoms with van der Waals surface area (Å²) in [6, 6.07) is 26.2. The molecule has 12 heteroatoms. The summed E-state index contributed by atoms with van der Waals surface area (Å²) in [5.74, 6) is 1.65. The van der Waals surface area contributed by atoms with Gasteiger partial charge in [-0.2, -0.15) is 9.97 Å². The first-order valence-electron chi connectivity index (χ1n) is 20.6. The molecule has 4 aliphatic heterocycles. The molecular formula is C48H44F3N7O2. The van der Waals surface area contributed by atoms with Gasteiger partial charge in [0, 0.05) is 67.5 Å². The topological polar surface area (TPSA) is 88.0 Å². The van der Waals surface area contributed by atoms with Crippen molar-refractivity contribution in [3.63, 3.8) is 0 Å². The third-order valence-corrected chi connectivity index (χ3v) is 12.8. The number of pyridine rings is 1. The number of ether oxygens (including phenoxy) is 2. The van der Waals surface area contributed by atoms with Crippen LogP contribution in [0.5, 0.6) is 6.01 Å². The number of alkyl halides is 1. The van der Waals surface area contributed by atoms with E-state index in [-0.39, 0.29) is 46.5 Å². The van der Waals surface area contributed by atoms with Crippen molar-refractivity contribution in [1.29, 1.82) is 0 Å². The highest BCUT2D eigenvalue weighted by Gasteiger charge is 2.50. The van der Waals surface area contributed by atoms with E-state index >= 15 is 8.78 Å². The van der Waals surface area contributed by atoms with Crippen LogP contribution in [0.2, 0.25) is 0 Å². The van der Waals surface area contributed by atoms with Crippen LogP contribution in [-0.4, -0.2) is 95.4 Å². The molecule has 2 bridgehead atoms. The van der Waals surface area contributed by atoms with Gasteiger partial charge < -0.3 is 19.7 Å². The van der Waals surface area contributed by atoms with Crippen molar-refractivity contribution in [1.82, 2.24) is 25.2 Å². The maximum atomic E-state index is 17.7. The minimum Gasteiger partial charge on any atom is -0.461 e. The molecule has 10 rings (SSSR count). The summed E-state index contributed by atoms with van der Waals surface area (Å²) >= 11 is 0. The maximum absolute atomic E-state index is 17.7. The molecule has 4 saturated heterocycles. The average Bonchev–Trinajstić information content (AvgIpc) is 3.90. The van der Waals surface area contributed by atoms with Crippen LogP contribution in [0.4, 0.5) is 24.7 Å². The molecule has 6 heterocycles. The average molecular weight is 808 g/mol. The standard InChI is InChI=1S/C48H44F3N7O2/c1-3-36-39(50)16-15-32-21-35(53-42(30-11-6-4-7-12-30)31-13-8-5-9-14-31)22-37(40(32)36)43-41(51)44-38(24-52-43)45(57-26-34-17-19-47(27-57,56-34)28-59-2)55-46(54-44)60-29-48-18-10-20-58(48)25-33(49)23-48/h1,4-9,11-16,21-22,24,33-34,56H,10,17-20,23,25-29H2,2H3/t33-,34+,47-,48?/m1/s1. The first-order valence-corrected chi connectivity index (χ1v) is 20.6. The largest absolute Gasteiger partial charge is 0.461 e. The number of nitrogens with zero attached hydrogens (tertiary/aromatic N) is 6. The number of aromatic nitrogens is 3. The summed E-state index contributed by atoms with van der Waals surface area (Å²) in [5, 5.41) is 5.04. The number of benzene rings is 4. The zero-order chi connectivity index (χ0) is 41.0. The number of halogens is 3. The molecule has 1 unspecified atom stereocenters. The van der Waals surface area contributed by atoms with E-state index in [2.05, 4.69) is 21.0 Å². The number of anilines is 1. The Morgan fingerprint density at radius 1 is 0.983 bits per heavy atom. The Bertz CT molecular complexity index is 2650. The molecule has 9 nitrogen and oxygen atoms in total. The Balaban J connectivity index is 1.15. The van der Waals surface area contributed by atoms with Crippen molar-refractivity contribution in [2.24, 2.45) is 4.99 Å². The number of hydrogen-bond donors (Lipinski definition) is 1. The van der Waals surface area contributed by atoms with Gasteiger partial charge in [-0.05, 0) is 55.8 Å². The van der Waals surface area contributed by atoms with Crippen molar-refractivity contribution in [3.8, 4) is 29.6 Å². The van der Waals surface area contributed by atoms with Crippen LogP contribution in [0, 0.1) is 24.0 Å². The van der Waals surface area contributed by atoms with Gasteiger partial charge in [-0.1, -0.05) is 72.7 Å². The van der Waals surface area contributed by atoms with E-state index in [1.807, 2.05) is 66.7 Å². The van der Waals surface area contributed by atoms with E-state index in [0.717, 1.165) is 43.4 Å². The van der Waals surface area contributed by atoms with Crippen molar-refractivity contribution in [2.45, 2.75) is 55.4 Å². The highest BCUT2D eigenvalue weighted by molar-refractivity contribution is 6.14. The molecule has 304 valence electrons. The Kier molecular flexibility index (Phi) is 9.78. The Morgan fingerprint density at radius 3 is 2.52 bits per heavy atom. The first kappa shape index (κ1) is 38.3. The van der Waals surface area contributed by atoms with Crippen molar-refractivity contribution in [2.75, 3.05) is 51.4 Å². The second-order valence-corrected chi connectivity index (χ2v) is 16.7. The summed E-state index contributed by atoms with van der Waals surface area (Å²) in [4.78, 5) is 23.9. The van der Waals surface area contributed by atoms with Gasteiger partial charge in [0.2, 0.25) is 0 Å². The normalized spacial score (nSPS) is 23.6. The molecule has 0 saturated carbocycles. The molecule has 0 spiro atoms. The van der Waals surface area contributed by atoms with Gasteiger partial charge in [0.15, 0.2) is 5.82 Å². The first-order chi connectivity index (χ1) is 29.2.